The Morgan fingerprint density at radius 2 is 2.26 bits per heavy atom. The standard InChI is InChI=1S/C14H19N3O2/c1-2-14(6-7-16-9-14)13(19)17-11-5-3-4-10(8-11)12(15)18/h3-5,8,16H,2,6-7,9H2,1H3,(H2,15,18)(H,17,19). The van der Waals surface area contributed by atoms with Gasteiger partial charge in [0, 0.05) is 17.8 Å². The minimum absolute atomic E-state index is 0.00150. The molecular weight excluding hydrogens is 242 g/mol. The molecular formula is C14H19N3O2. The van der Waals surface area contributed by atoms with E-state index >= 15 is 0 Å². The summed E-state index contributed by atoms with van der Waals surface area (Å²) in [5, 5.41) is 6.11. The van der Waals surface area contributed by atoms with E-state index in [1.54, 1.807) is 24.3 Å². The maximum Gasteiger partial charge on any atom is 0.248 e. The van der Waals surface area contributed by atoms with Gasteiger partial charge in [-0.1, -0.05) is 13.0 Å². The number of carbonyl (C=O) groups excluding carboxylic acids is 2. The highest BCUT2D eigenvalue weighted by molar-refractivity contribution is 5.98. The number of hydrogen-bond acceptors (Lipinski definition) is 3. The van der Waals surface area contributed by atoms with Crippen molar-refractivity contribution in [3.8, 4) is 0 Å². The first-order valence-corrected chi connectivity index (χ1v) is 6.49. The van der Waals surface area contributed by atoms with Crippen molar-refractivity contribution in [2.45, 2.75) is 19.8 Å². The lowest BCUT2D eigenvalue weighted by molar-refractivity contribution is -0.124. The molecule has 5 nitrogen and oxygen atoms in total. The average molecular weight is 261 g/mol. The predicted octanol–water partition coefficient (Wildman–Crippen LogP) is 1.11. The molecule has 1 unspecified atom stereocenters. The van der Waals surface area contributed by atoms with Crippen LogP contribution in [-0.4, -0.2) is 24.9 Å². The summed E-state index contributed by atoms with van der Waals surface area (Å²) in [7, 11) is 0. The molecule has 5 heteroatoms. The Morgan fingerprint density at radius 3 is 2.84 bits per heavy atom. The molecule has 4 N–H and O–H groups in total. The van der Waals surface area contributed by atoms with E-state index in [0.29, 0.717) is 17.8 Å². The molecule has 1 aliphatic heterocycles. The van der Waals surface area contributed by atoms with Crippen LogP contribution in [0, 0.1) is 5.41 Å². The van der Waals surface area contributed by atoms with Gasteiger partial charge in [-0.3, -0.25) is 9.59 Å². The fraction of sp³-hybridized carbons (Fsp3) is 0.429. The zero-order valence-corrected chi connectivity index (χ0v) is 11.0. The van der Waals surface area contributed by atoms with E-state index in [2.05, 4.69) is 10.6 Å². The summed E-state index contributed by atoms with van der Waals surface area (Å²) in [5.74, 6) is -0.495. The van der Waals surface area contributed by atoms with Gasteiger partial charge in [-0.2, -0.15) is 0 Å². The highest BCUT2D eigenvalue weighted by Crippen LogP contribution is 2.31. The van der Waals surface area contributed by atoms with Crippen molar-refractivity contribution in [3.63, 3.8) is 0 Å². The fourth-order valence-electron chi connectivity index (χ4n) is 2.41. The third-order valence-corrected chi connectivity index (χ3v) is 3.81. The van der Waals surface area contributed by atoms with Gasteiger partial charge >= 0.3 is 0 Å². The molecule has 1 fully saturated rings. The Labute approximate surface area is 112 Å². The summed E-state index contributed by atoms with van der Waals surface area (Å²) in [6, 6.07) is 6.70. The summed E-state index contributed by atoms with van der Waals surface area (Å²) in [6.45, 7) is 3.58. The van der Waals surface area contributed by atoms with E-state index in [-0.39, 0.29) is 11.3 Å². The van der Waals surface area contributed by atoms with Crippen LogP contribution in [0.3, 0.4) is 0 Å². The minimum Gasteiger partial charge on any atom is -0.366 e. The van der Waals surface area contributed by atoms with E-state index in [0.717, 1.165) is 19.4 Å². The van der Waals surface area contributed by atoms with Crippen LogP contribution in [0.4, 0.5) is 5.69 Å². The van der Waals surface area contributed by atoms with Crippen LogP contribution < -0.4 is 16.4 Å². The third-order valence-electron chi connectivity index (χ3n) is 3.81. The van der Waals surface area contributed by atoms with Gasteiger partial charge in [0.05, 0.1) is 5.41 Å². The molecule has 0 bridgehead atoms. The molecule has 0 spiro atoms. The number of anilines is 1. The van der Waals surface area contributed by atoms with E-state index in [1.807, 2.05) is 6.92 Å². The summed E-state index contributed by atoms with van der Waals surface area (Å²) < 4.78 is 0. The topological polar surface area (TPSA) is 84.2 Å². The second kappa shape index (κ2) is 5.40. The van der Waals surface area contributed by atoms with Crippen LogP contribution >= 0.6 is 0 Å². The molecule has 0 aromatic heterocycles. The van der Waals surface area contributed by atoms with Crippen molar-refractivity contribution in [2.75, 3.05) is 18.4 Å². The predicted molar refractivity (Wildman–Crippen MR) is 73.8 cm³/mol. The molecule has 1 heterocycles. The van der Waals surface area contributed by atoms with Crippen molar-refractivity contribution < 1.29 is 9.59 Å². The SMILES string of the molecule is CCC1(C(=O)Nc2cccc(C(N)=O)c2)CCNC1. The van der Waals surface area contributed by atoms with Crippen molar-refractivity contribution >= 4 is 17.5 Å². The number of carbonyl (C=O) groups is 2. The van der Waals surface area contributed by atoms with Crippen molar-refractivity contribution in [1.82, 2.24) is 5.32 Å². The smallest absolute Gasteiger partial charge is 0.248 e. The molecule has 1 aromatic carbocycles. The average Bonchev–Trinajstić information content (AvgIpc) is 2.89. The molecule has 2 rings (SSSR count). The number of amides is 2. The van der Waals surface area contributed by atoms with Gasteiger partial charge in [-0.05, 0) is 37.6 Å². The highest BCUT2D eigenvalue weighted by atomic mass is 16.2. The number of benzene rings is 1. The largest absolute Gasteiger partial charge is 0.366 e. The van der Waals surface area contributed by atoms with Crippen LogP contribution in [-0.2, 0) is 4.79 Å². The Morgan fingerprint density at radius 1 is 1.47 bits per heavy atom. The monoisotopic (exact) mass is 261 g/mol. The van der Waals surface area contributed by atoms with E-state index in [4.69, 9.17) is 5.73 Å². The van der Waals surface area contributed by atoms with Crippen LogP contribution in [0.5, 0.6) is 0 Å². The van der Waals surface area contributed by atoms with Gasteiger partial charge in [0.1, 0.15) is 0 Å². The molecule has 2 amide bonds. The van der Waals surface area contributed by atoms with Gasteiger partial charge in [0.2, 0.25) is 11.8 Å². The maximum atomic E-state index is 12.4. The molecule has 1 saturated heterocycles. The Kier molecular flexibility index (Phi) is 3.85. The fourth-order valence-corrected chi connectivity index (χ4v) is 2.41. The molecule has 1 atom stereocenters. The number of hydrogen-bond donors (Lipinski definition) is 3. The third kappa shape index (κ3) is 2.76. The Balaban J connectivity index is 2.14. The maximum absolute atomic E-state index is 12.4. The van der Waals surface area contributed by atoms with Crippen LogP contribution in [0.25, 0.3) is 0 Å². The molecule has 0 radical (unpaired) electrons. The second-order valence-corrected chi connectivity index (χ2v) is 4.96. The minimum atomic E-state index is -0.496. The summed E-state index contributed by atoms with van der Waals surface area (Å²) in [5.41, 5.74) is 5.89. The summed E-state index contributed by atoms with van der Waals surface area (Å²) >= 11 is 0. The lowest BCUT2D eigenvalue weighted by atomic mass is 9.83. The second-order valence-electron chi connectivity index (χ2n) is 4.96. The Hall–Kier alpha value is -1.88. The summed E-state index contributed by atoms with van der Waals surface area (Å²) in [4.78, 5) is 23.5. The van der Waals surface area contributed by atoms with E-state index < -0.39 is 5.91 Å². The van der Waals surface area contributed by atoms with Crippen molar-refractivity contribution in [2.24, 2.45) is 11.1 Å². The van der Waals surface area contributed by atoms with Crippen molar-refractivity contribution in [3.05, 3.63) is 29.8 Å². The Bertz CT molecular complexity index is 493. The van der Waals surface area contributed by atoms with Gasteiger partial charge in [0.25, 0.3) is 0 Å². The zero-order valence-electron chi connectivity index (χ0n) is 11.0. The quantitative estimate of drug-likeness (QED) is 0.759. The van der Waals surface area contributed by atoms with E-state index in [1.165, 1.54) is 0 Å². The van der Waals surface area contributed by atoms with Crippen LogP contribution in [0.2, 0.25) is 0 Å². The molecule has 19 heavy (non-hydrogen) atoms. The number of nitrogens with two attached hydrogens (primary N) is 1. The van der Waals surface area contributed by atoms with E-state index in [9.17, 15) is 9.59 Å². The summed E-state index contributed by atoms with van der Waals surface area (Å²) in [6.07, 6.45) is 1.63. The number of rotatable bonds is 4. The number of nitrogens with one attached hydrogen (secondary N) is 2. The van der Waals surface area contributed by atoms with Gasteiger partial charge in [-0.15, -0.1) is 0 Å². The highest BCUT2D eigenvalue weighted by Gasteiger charge is 2.39. The zero-order chi connectivity index (χ0) is 13.9. The first-order valence-electron chi connectivity index (χ1n) is 6.49. The van der Waals surface area contributed by atoms with Gasteiger partial charge in [0.15, 0.2) is 0 Å². The molecule has 0 saturated carbocycles. The lowest BCUT2D eigenvalue weighted by Crippen LogP contribution is -2.37. The molecule has 102 valence electrons. The molecule has 1 aromatic rings. The first kappa shape index (κ1) is 13.5. The number of primary amides is 1. The van der Waals surface area contributed by atoms with Crippen molar-refractivity contribution in [1.29, 1.82) is 0 Å². The molecule has 0 aliphatic carbocycles. The lowest BCUT2D eigenvalue weighted by Gasteiger charge is -2.25. The van der Waals surface area contributed by atoms with Crippen LogP contribution in [0.15, 0.2) is 24.3 Å². The first-order chi connectivity index (χ1) is 9.07. The van der Waals surface area contributed by atoms with Gasteiger partial charge < -0.3 is 16.4 Å². The molecule has 1 aliphatic rings. The van der Waals surface area contributed by atoms with Gasteiger partial charge in [-0.25, -0.2) is 0 Å². The van der Waals surface area contributed by atoms with Crippen LogP contribution in [0.1, 0.15) is 30.1 Å². The normalized spacial score (nSPS) is 22.2.